The first kappa shape index (κ1) is 25.4. The third-order valence-electron chi connectivity index (χ3n) is 4.04. The van der Waals surface area contributed by atoms with Crippen LogP contribution < -0.4 is 16.0 Å². The van der Waals surface area contributed by atoms with E-state index < -0.39 is 35.6 Å². The first-order chi connectivity index (χ1) is 14.0. The van der Waals surface area contributed by atoms with Gasteiger partial charge in [0.15, 0.2) is 0 Å². The van der Waals surface area contributed by atoms with E-state index in [1.165, 1.54) is 0 Å². The Labute approximate surface area is 178 Å². The quantitative estimate of drug-likeness (QED) is 0.459. The molecule has 168 valence electrons. The average Bonchev–Trinajstić information content (AvgIpc) is 2.63. The van der Waals surface area contributed by atoms with Gasteiger partial charge in [-0.3, -0.25) is 9.59 Å². The Morgan fingerprint density at radius 3 is 2.17 bits per heavy atom. The van der Waals surface area contributed by atoms with Gasteiger partial charge in [-0.05, 0) is 38.7 Å². The maximum atomic E-state index is 12.9. The molecule has 0 heterocycles. The number of hydrogen-bond donors (Lipinski definition) is 4. The maximum Gasteiger partial charge on any atom is 0.408 e. The normalized spacial score (nSPS) is 13.3. The van der Waals surface area contributed by atoms with Crippen molar-refractivity contribution in [3.63, 3.8) is 0 Å². The van der Waals surface area contributed by atoms with Gasteiger partial charge in [-0.1, -0.05) is 44.2 Å². The Morgan fingerprint density at radius 2 is 1.63 bits per heavy atom. The van der Waals surface area contributed by atoms with Crippen LogP contribution in [-0.4, -0.2) is 53.9 Å². The Bertz CT molecular complexity index is 686. The Morgan fingerprint density at radius 1 is 1.00 bits per heavy atom. The van der Waals surface area contributed by atoms with Crippen LogP contribution in [0.3, 0.4) is 0 Å². The van der Waals surface area contributed by atoms with Crippen LogP contribution in [0, 0.1) is 5.92 Å². The average molecular weight is 422 g/mol. The molecule has 4 N–H and O–H groups in total. The number of carbonyl (C=O) groups is 3. The molecule has 1 aromatic rings. The molecule has 0 aliphatic carbocycles. The smallest absolute Gasteiger partial charge is 0.408 e. The zero-order chi connectivity index (χ0) is 22.7. The zero-order valence-electron chi connectivity index (χ0n) is 18.5. The van der Waals surface area contributed by atoms with E-state index >= 15 is 0 Å². The number of carbonyl (C=O) groups excluding carboxylic acids is 3. The zero-order valence-corrected chi connectivity index (χ0v) is 18.5. The number of amides is 3. The Hall–Kier alpha value is -2.61. The summed E-state index contributed by atoms with van der Waals surface area (Å²) >= 11 is 0. The summed E-state index contributed by atoms with van der Waals surface area (Å²) in [5.41, 5.74) is 0.186. The molecule has 0 fully saturated rings. The minimum Gasteiger partial charge on any atom is -0.444 e. The van der Waals surface area contributed by atoms with Crippen molar-refractivity contribution in [3.8, 4) is 0 Å². The van der Waals surface area contributed by atoms with Crippen LogP contribution in [0.5, 0.6) is 0 Å². The van der Waals surface area contributed by atoms with Crippen molar-refractivity contribution >= 4 is 17.9 Å². The number of hydrogen-bond acceptors (Lipinski definition) is 5. The SMILES string of the molecule is CC(C)C[C@@H](NC(=O)OC(C)(C)C)C(=O)N[C@@H](Cc1ccccc1)C(=O)NCCO. The van der Waals surface area contributed by atoms with Crippen molar-refractivity contribution in [3.05, 3.63) is 35.9 Å². The van der Waals surface area contributed by atoms with E-state index in [-0.39, 0.29) is 25.5 Å². The molecule has 8 heteroatoms. The van der Waals surface area contributed by atoms with Gasteiger partial charge in [0.2, 0.25) is 11.8 Å². The van der Waals surface area contributed by atoms with Gasteiger partial charge in [0.05, 0.1) is 6.61 Å². The molecule has 0 bridgehead atoms. The van der Waals surface area contributed by atoms with E-state index in [1.807, 2.05) is 44.2 Å². The van der Waals surface area contributed by atoms with Crippen molar-refractivity contribution in [2.24, 2.45) is 5.92 Å². The first-order valence-electron chi connectivity index (χ1n) is 10.2. The molecule has 1 aromatic carbocycles. The van der Waals surface area contributed by atoms with E-state index in [0.717, 1.165) is 5.56 Å². The van der Waals surface area contributed by atoms with Crippen molar-refractivity contribution in [1.29, 1.82) is 0 Å². The van der Waals surface area contributed by atoms with Crippen LogP contribution in [0.25, 0.3) is 0 Å². The number of aliphatic hydroxyl groups is 1. The largest absolute Gasteiger partial charge is 0.444 e. The van der Waals surface area contributed by atoms with Crippen LogP contribution in [0.2, 0.25) is 0 Å². The molecule has 2 atom stereocenters. The molecule has 0 saturated carbocycles. The summed E-state index contributed by atoms with van der Waals surface area (Å²) in [6.45, 7) is 8.99. The van der Waals surface area contributed by atoms with Gasteiger partial charge in [-0.25, -0.2) is 4.79 Å². The van der Waals surface area contributed by atoms with Crippen LogP contribution >= 0.6 is 0 Å². The fourth-order valence-electron chi connectivity index (χ4n) is 2.79. The van der Waals surface area contributed by atoms with Crippen LogP contribution in [0.1, 0.15) is 46.6 Å². The summed E-state index contributed by atoms with van der Waals surface area (Å²) in [5.74, 6) is -0.733. The number of rotatable bonds is 10. The number of aliphatic hydroxyl groups excluding tert-OH is 1. The molecule has 3 amide bonds. The second-order valence-corrected chi connectivity index (χ2v) is 8.59. The maximum absolute atomic E-state index is 12.9. The van der Waals surface area contributed by atoms with Gasteiger partial charge in [0, 0.05) is 13.0 Å². The van der Waals surface area contributed by atoms with Crippen molar-refractivity contribution in [2.45, 2.75) is 65.1 Å². The fourth-order valence-corrected chi connectivity index (χ4v) is 2.79. The molecule has 0 aliphatic heterocycles. The van der Waals surface area contributed by atoms with Crippen molar-refractivity contribution < 1.29 is 24.2 Å². The molecule has 0 spiro atoms. The summed E-state index contributed by atoms with van der Waals surface area (Å²) in [4.78, 5) is 37.7. The molecule has 8 nitrogen and oxygen atoms in total. The van der Waals surface area contributed by atoms with Crippen molar-refractivity contribution in [2.75, 3.05) is 13.2 Å². The predicted octanol–water partition coefficient (Wildman–Crippen LogP) is 1.76. The lowest BCUT2D eigenvalue weighted by atomic mass is 10.0. The lowest BCUT2D eigenvalue weighted by molar-refractivity contribution is -0.130. The van der Waals surface area contributed by atoms with Crippen LogP contribution in [0.4, 0.5) is 4.79 Å². The standard InChI is InChI=1S/C22H35N3O5/c1-15(2)13-17(25-21(29)30-22(3,4)5)20(28)24-18(19(27)23-11-12-26)14-16-9-7-6-8-10-16/h6-10,15,17-18,26H,11-14H2,1-5H3,(H,23,27)(H,24,28)(H,25,29)/t17-,18+/m1/s1. The minimum absolute atomic E-state index is 0.0889. The molecule has 1 rings (SSSR count). The molecule has 0 saturated heterocycles. The molecule has 0 aliphatic rings. The van der Waals surface area contributed by atoms with E-state index in [1.54, 1.807) is 20.8 Å². The van der Waals surface area contributed by atoms with E-state index in [9.17, 15) is 14.4 Å². The van der Waals surface area contributed by atoms with E-state index in [4.69, 9.17) is 9.84 Å². The second kappa shape index (κ2) is 12.2. The lowest BCUT2D eigenvalue weighted by Crippen LogP contribution is -2.55. The first-order valence-corrected chi connectivity index (χ1v) is 10.2. The minimum atomic E-state index is -0.846. The molecule has 0 radical (unpaired) electrons. The Balaban J connectivity index is 2.93. The highest BCUT2D eigenvalue weighted by Crippen LogP contribution is 2.11. The number of benzene rings is 1. The van der Waals surface area contributed by atoms with Crippen LogP contribution in [-0.2, 0) is 20.7 Å². The van der Waals surface area contributed by atoms with Gasteiger partial charge in [0.1, 0.15) is 17.7 Å². The summed E-state index contributed by atoms with van der Waals surface area (Å²) in [6, 6.07) is 7.61. The predicted molar refractivity (Wildman–Crippen MR) is 115 cm³/mol. The highest BCUT2D eigenvalue weighted by molar-refractivity contribution is 5.91. The molecular formula is C22H35N3O5. The number of alkyl carbamates (subject to hydrolysis) is 1. The molecular weight excluding hydrogens is 386 g/mol. The molecule has 0 aromatic heterocycles. The number of nitrogens with one attached hydrogen (secondary N) is 3. The van der Waals surface area contributed by atoms with Gasteiger partial charge in [-0.2, -0.15) is 0 Å². The van der Waals surface area contributed by atoms with Gasteiger partial charge in [0.25, 0.3) is 0 Å². The second-order valence-electron chi connectivity index (χ2n) is 8.59. The third kappa shape index (κ3) is 10.2. The topological polar surface area (TPSA) is 117 Å². The summed E-state index contributed by atoms with van der Waals surface area (Å²) in [7, 11) is 0. The Kier molecular flexibility index (Phi) is 10.3. The van der Waals surface area contributed by atoms with E-state index in [0.29, 0.717) is 6.42 Å². The fraction of sp³-hybridized carbons (Fsp3) is 0.591. The molecule has 0 unspecified atom stereocenters. The van der Waals surface area contributed by atoms with Crippen molar-refractivity contribution in [1.82, 2.24) is 16.0 Å². The number of ether oxygens (including phenoxy) is 1. The summed E-state index contributed by atoms with van der Waals surface area (Å²) < 4.78 is 5.26. The van der Waals surface area contributed by atoms with Gasteiger partial charge < -0.3 is 25.8 Å². The lowest BCUT2D eigenvalue weighted by Gasteiger charge is -2.26. The monoisotopic (exact) mass is 421 g/mol. The molecule has 30 heavy (non-hydrogen) atoms. The highest BCUT2D eigenvalue weighted by atomic mass is 16.6. The summed E-state index contributed by atoms with van der Waals surface area (Å²) in [6.07, 6.45) is -0.0147. The van der Waals surface area contributed by atoms with Crippen LogP contribution in [0.15, 0.2) is 30.3 Å². The highest BCUT2D eigenvalue weighted by Gasteiger charge is 2.29. The van der Waals surface area contributed by atoms with E-state index in [2.05, 4.69) is 16.0 Å². The van der Waals surface area contributed by atoms with Gasteiger partial charge >= 0.3 is 6.09 Å². The third-order valence-corrected chi connectivity index (χ3v) is 4.04. The van der Waals surface area contributed by atoms with Gasteiger partial charge in [-0.15, -0.1) is 0 Å². The summed E-state index contributed by atoms with van der Waals surface area (Å²) in [5, 5.41) is 16.9.